The Hall–Kier alpha value is -0.900. The number of hydrogen-bond acceptors (Lipinski definition) is 3. The van der Waals surface area contributed by atoms with Crippen LogP contribution in [-0.2, 0) is 16.1 Å². The summed E-state index contributed by atoms with van der Waals surface area (Å²) in [4.78, 5) is 0. The first-order valence-electron chi connectivity index (χ1n) is 5.27. The smallest absolute Gasteiger partial charge is 0.107 e. The summed E-state index contributed by atoms with van der Waals surface area (Å²) in [6, 6.07) is 9.99. The predicted molar refractivity (Wildman–Crippen MR) is 56.5 cm³/mol. The Morgan fingerprint density at radius 3 is 2.80 bits per heavy atom. The zero-order valence-corrected chi connectivity index (χ0v) is 8.63. The van der Waals surface area contributed by atoms with Crippen LogP contribution in [0.3, 0.4) is 0 Å². The maximum absolute atomic E-state index is 9.48. The molecule has 1 saturated heterocycles. The van der Waals surface area contributed by atoms with Crippen LogP contribution in [0.5, 0.6) is 0 Å². The summed E-state index contributed by atoms with van der Waals surface area (Å²) < 4.78 is 10.8. The van der Waals surface area contributed by atoms with Crippen LogP contribution in [-0.4, -0.2) is 30.5 Å². The summed E-state index contributed by atoms with van der Waals surface area (Å²) in [6.07, 6.45) is 0.216. The van der Waals surface area contributed by atoms with Crippen LogP contribution in [0.15, 0.2) is 30.3 Å². The first kappa shape index (κ1) is 10.6. The number of rotatable bonds is 4. The van der Waals surface area contributed by atoms with Gasteiger partial charge in [0, 0.05) is 6.61 Å². The van der Waals surface area contributed by atoms with Gasteiger partial charge in [-0.25, -0.2) is 0 Å². The molecule has 0 aliphatic carbocycles. The lowest BCUT2D eigenvalue weighted by Crippen LogP contribution is -2.26. The zero-order chi connectivity index (χ0) is 10.5. The third-order valence-electron chi connectivity index (χ3n) is 2.57. The monoisotopic (exact) mass is 208 g/mol. The van der Waals surface area contributed by atoms with Crippen LogP contribution in [0.1, 0.15) is 12.0 Å². The van der Waals surface area contributed by atoms with Gasteiger partial charge in [-0.1, -0.05) is 30.3 Å². The minimum atomic E-state index is -0.360. The second kappa shape index (κ2) is 5.26. The van der Waals surface area contributed by atoms with E-state index in [1.165, 1.54) is 0 Å². The minimum absolute atomic E-state index is 0.145. The Balaban J connectivity index is 1.71. The summed E-state index contributed by atoms with van der Waals surface area (Å²) in [5.41, 5.74) is 1.14. The number of ether oxygens (including phenoxy) is 2. The van der Waals surface area contributed by atoms with Crippen molar-refractivity contribution in [3.05, 3.63) is 35.9 Å². The highest BCUT2D eigenvalue weighted by atomic mass is 16.5. The molecule has 0 unspecified atom stereocenters. The van der Waals surface area contributed by atoms with Crippen LogP contribution in [0.2, 0.25) is 0 Å². The van der Waals surface area contributed by atoms with Crippen molar-refractivity contribution < 1.29 is 14.6 Å². The molecule has 3 heteroatoms. The summed E-state index contributed by atoms with van der Waals surface area (Å²) in [5, 5.41) is 9.48. The van der Waals surface area contributed by atoms with E-state index >= 15 is 0 Å². The number of hydrogen-bond donors (Lipinski definition) is 1. The highest BCUT2D eigenvalue weighted by Gasteiger charge is 2.25. The molecule has 1 heterocycles. The average molecular weight is 208 g/mol. The molecular weight excluding hydrogens is 192 g/mol. The molecule has 1 aromatic rings. The lowest BCUT2D eigenvalue weighted by Gasteiger charge is -2.13. The van der Waals surface area contributed by atoms with Crippen LogP contribution in [0.25, 0.3) is 0 Å². The summed E-state index contributed by atoms with van der Waals surface area (Å²) in [6.45, 7) is 1.68. The fraction of sp³-hybridized carbons (Fsp3) is 0.500. The molecule has 2 atom stereocenters. The molecule has 0 radical (unpaired) electrons. The van der Waals surface area contributed by atoms with Crippen LogP contribution in [0.4, 0.5) is 0 Å². The largest absolute Gasteiger partial charge is 0.390 e. The lowest BCUT2D eigenvalue weighted by molar-refractivity contribution is -0.0288. The molecule has 1 aliphatic rings. The molecule has 0 saturated carbocycles. The maximum atomic E-state index is 9.48. The Bertz CT molecular complexity index is 286. The van der Waals surface area contributed by atoms with Gasteiger partial charge < -0.3 is 14.6 Å². The molecule has 0 bridgehead atoms. The van der Waals surface area contributed by atoms with Gasteiger partial charge in [-0.05, 0) is 12.0 Å². The molecule has 1 aromatic carbocycles. The van der Waals surface area contributed by atoms with Gasteiger partial charge >= 0.3 is 0 Å². The minimum Gasteiger partial charge on any atom is -0.390 e. The van der Waals surface area contributed by atoms with Crippen molar-refractivity contribution in [3.63, 3.8) is 0 Å². The molecule has 3 nitrogen and oxygen atoms in total. The first-order valence-corrected chi connectivity index (χ1v) is 5.27. The normalized spacial score (nSPS) is 25.7. The van der Waals surface area contributed by atoms with Crippen molar-refractivity contribution in [2.75, 3.05) is 13.2 Å². The standard InChI is InChI=1S/C12H16O3/c13-11-6-7-15-12(11)9-14-8-10-4-2-1-3-5-10/h1-5,11-13H,6-9H2/t11-,12-/m0/s1. The van der Waals surface area contributed by atoms with E-state index in [2.05, 4.69) is 0 Å². The second-order valence-corrected chi connectivity index (χ2v) is 3.77. The van der Waals surface area contributed by atoms with Crippen LogP contribution < -0.4 is 0 Å². The molecular formula is C12H16O3. The van der Waals surface area contributed by atoms with Crippen LogP contribution in [0, 0.1) is 0 Å². The molecule has 0 amide bonds. The summed E-state index contributed by atoms with van der Waals surface area (Å²) in [7, 11) is 0. The maximum Gasteiger partial charge on any atom is 0.107 e. The Morgan fingerprint density at radius 2 is 2.13 bits per heavy atom. The van der Waals surface area contributed by atoms with Gasteiger partial charge in [0.05, 0.1) is 19.3 Å². The Morgan fingerprint density at radius 1 is 1.33 bits per heavy atom. The second-order valence-electron chi connectivity index (χ2n) is 3.77. The summed E-state index contributed by atoms with van der Waals surface area (Å²) in [5.74, 6) is 0. The SMILES string of the molecule is O[C@H]1CCO[C@H]1COCc1ccccc1. The highest BCUT2D eigenvalue weighted by molar-refractivity contribution is 5.13. The fourth-order valence-corrected chi connectivity index (χ4v) is 1.66. The number of benzene rings is 1. The van der Waals surface area contributed by atoms with Crippen molar-refractivity contribution in [3.8, 4) is 0 Å². The Kier molecular flexibility index (Phi) is 3.72. The Labute approximate surface area is 89.6 Å². The topological polar surface area (TPSA) is 38.7 Å². The van der Waals surface area contributed by atoms with Gasteiger partial charge in [0.15, 0.2) is 0 Å². The van der Waals surface area contributed by atoms with E-state index in [9.17, 15) is 5.11 Å². The molecule has 15 heavy (non-hydrogen) atoms. The number of aliphatic hydroxyl groups excluding tert-OH is 1. The molecule has 82 valence electrons. The van der Waals surface area contributed by atoms with Crippen molar-refractivity contribution in [2.45, 2.75) is 25.2 Å². The molecule has 1 N–H and O–H groups in total. The van der Waals surface area contributed by atoms with Gasteiger partial charge in [0.2, 0.25) is 0 Å². The van der Waals surface area contributed by atoms with Gasteiger partial charge in [-0.15, -0.1) is 0 Å². The van der Waals surface area contributed by atoms with E-state index in [0.717, 1.165) is 12.0 Å². The van der Waals surface area contributed by atoms with Crippen molar-refractivity contribution in [2.24, 2.45) is 0 Å². The molecule has 1 aliphatic heterocycles. The zero-order valence-electron chi connectivity index (χ0n) is 8.63. The highest BCUT2D eigenvalue weighted by Crippen LogP contribution is 2.14. The van der Waals surface area contributed by atoms with Gasteiger partial charge in [0.1, 0.15) is 6.10 Å². The van der Waals surface area contributed by atoms with Gasteiger partial charge in [-0.3, -0.25) is 0 Å². The number of aliphatic hydroxyl groups is 1. The van der Waals surface area contributed by atoms with E-state index in [4.69, 9.17) is 9.47 Å². The van der Waals surface area contributed by atoms with Crippen molar-refractivity contribution in [1.29, 1.82) is 0 Å². The van der Waals surface area contributed by atoms with E-state index in [0.29, 0.717) is 19.8 Å². The molecule has 1 fully saturated rings. The molecule has 0 spiro atoms. The lowest BCUT2D eigenvalue weighted by atomic mass is 10.2. The third-order valence-corrected chi connectivity index (χ3v) is 2.57. The predicted octanol–water partition coefficient (Wildman–Crippen LogP) is 1.35. The summed E-state index contributed by atoms with van der Waals surface area (Å²) >= 11 is 0. The van der Waals surface area contributed by atoms with E-state index in [1.54, 1.807) is 0 Å². The molecule has 0 aromatic heterocycles. The van der Waals surface area contributed by atoms with E-state index in [-0.39, 0.29) is 12.2 Å². The average Bonchev–Trinajstić information content (AvgIpc) is 2.66. The van der Waals surface area contributed by atoms with E-state index in [1.807, 2.05) is 30.3 Å². The van der Waals surface area contributed by atoms with Crippen molar-refractivity contribution >= 4 is 0 Å². The molecule has 2 rings (SSSR count). The van der Waals surface area contributed by atoms with E-state index < -0.39 is 0 Å². The quantitative estimate of drug-likeness (QED) is 0.811. The fourth-order valence-electron chi connectivity index (χ4n) is 1.66. The van der Waals surface area contributed by atoms with Crippen LogP contribution >= 0.6 is 0 Å². The van der Waals surface area contributed by atoms with Gasteiger partial charge in [-0.2, -0.15) is 0 Å². The third kappa shape index (κ3) is 3.02. The van der Waals surface area contributed by atoms with Gasteiger partial charge in [0.25, 0.3) is 0 Å². The first-order chi connectivity index (χ1) is 7.36. The van der Waals surface area contributed by atoms with Crippen molar-refractivity contribution in [1.82, 2.24) is 0 Å².